The van der Waals surface area contributed by atoms with Gasteiger partial charge in [0.25, 0.3) is 5.56 Å². The number of aromatic nitrogens is 3. The van der Waals surface area contributed by atoms with E-state index in [2.05, 4.69) is 27.0 Å². The minimum absolute atomic E-state index is 0.0819. The van der Waals surface area contributed by atoms with Crippen LogP contribution in [0.15, 0.2) is 53.3 Å². The average Bonchev–Trinajstić information content (AvgIpc) is 3.20. The van der Waals surface area contributed by atoms with Gasteiger partial charge in [0.15, 0.2) is 4.77 Å². The lowest BCUT2D eigenvalue weighted by Gasteiger charge is -2.34. The molecule has 0 unspecified atom stereocenters. The first kappa shape index (κ1) is 21.4. The molecule has 1 aliphatic rings. The second kappa shape index (κ2) is 8.84. The highest BCUT2D eigenvalue weighted by Gasteiger charge is 2.22. The summed E-state index contributed by atoms with van der Waals surface area (Å²) in [4.78, 5) is 36.6. The third kappa shape index (κ3) is 4.17. The number of hydrogen-bond acceptors (Lipinski definition) is 5. The monoisotopic (exact) mass is 463 g/mol. The first-order valence-corrected chi connectivity index (χ1v) is 11.3. The minimum Gasteiger partial charge on any atom is -0.497 e. The summed E-state index contributed by atoms with van der Waals surface area (Å²) in [7, 11) is 1.60. The summed E-state index contributed by atoms with van der Waals surface area (Å²) in [6.07, 6.45) is 0. The molecule has 1 amide bonds. The normalized spacial score (nSPS) is 14.8. The Bertz CT molecular complexity index is 1430. The smallest absolute Gasteiger partial charge is 0.279 e. The van der Waals surface area contributed by atoms with Crippen LogP contribution in [0.1, 0.15) is 5.56 Å². The van der Waals surface area contributed by atoms with Crippen LogP contribution in [-0.4, -0.2) is 63.5 Å². The summed E-state index contributed by atoms with van der Waals surface area (Å²) < 4.78 is 6.86. The number of carbonyl (C=O) groups is 1. The standard InChI is InChI=1S/C24H25N5O3S/c1-32-17-7-8-19-18(13-17)21-22(25-19)23(31)29(24(33)26-21)15-20(30)28-11-9-27(10-12-28)14-16-5-3-2-4-6-16/h2-8,13,25H,9-12,14-15H2,1H3,(H,26,33). The summed E-state index contributed by atoms with van der Waals surface area (Å²) in [6.45, 7) is 3.64. The van der Waals surface area contributed by atoms with E-state index in [0.29, 0.717) is 29.9 Å². The number of methoxy groups -OCH3 is 1. The molecule has 1 fully saturated rings. The molecule has 2 N–H and O–H groups in total. The molecule has 4 aromatic rings. The Balaban J connectivity index is 1.33. The molecule has 0 radical (unpaired) electrons. The lowest BCUT2D eigenvalue weighted by Crippen LogP contribution is -2.49. The predicted molar refractivity (Wildman–Crippen MR) is 130 cm³/mol. The molecule has 33 heavy (non-hydrogen) atoms. The third-order valence-electron chi connectivity index (χ3n) is 6.21. The molecule has 0 aliphatic carbocycles. The van der Waals surface area contributed by atoms with E-state index in [1.165, 1.54) is 10.1 Å². The van der Waals surface area contributed by atoms with E-state index in [4.69, 9.17) is 17.0 Å². The zero-order valence-electron chi connectivity index (χ0n) is 18.3. The molecule has 1 aliphatic heterocycles. The molecule has 0 saturated carbocycles. The van der Waals surface area contributed by atoms with Crippen LogP contribution in [0.2, 0.25) is 0 Å². The van der Waals surface area contributed by atoms with E-state index in [0.717, 1.165) is 30.5 Å². The van der Waals surface area contributed by atoms with Crippen molar-refractivity contribution in [2.24, 2.45) is 0 Å². The van der Waals surface area contributed by atoms with Crippen LogP contribution in [0, 0.1) is 4.77 Å². The Morgan fingerprint density at radius 3 is 2.52 bits per heavy atom. The summed E-state index contributed by atoms with van der Waals surface area (Å²) in [5, 5.41) is 0.820. The van der Waals surface area contributed by atoms with Crippen molar-refractivity contribution in [3.05, 3.63) is 69.2 Å². The van der Waals surface area contributed by atoms with E-state index < -0.39 is 0 Å². The van der Waals surface area contributed by atoms with Crippen molar-refractivity contribution in [1.29, 1.82) is 0 Å². The molecule has 3 heterocycles. The fraction of sp³-hybridized carbons (Fsp3) is 0.292. The molecular weight excluding hydrogens is 438 g/mol. The highest BCUT2D eigenvalue weighted by molar-refractivity contribution is 7.71. The van der Waals surface area contributed by atoms with Crippen LogP contribution >= 0.6 is 12.2 Å². The van der Waals surface area contributed by atoms with Crippen molar-refractivity contribution in [3.63, 3.8) is 0 Å². The van der Waals surface area contributed by atoms with Crippen molar-refractivity contribution in [1.82, 2.24) is 24.3 Å². The van der Waals surface area contributed by atoms with Gasteiger partial charge < -0.3 is 19.6 Å². The molecule has 0 spiro atoms. The number of carbonyl (C=O) groups excluding carboxylic acids is 1. The quantitative estimate of drug-likeness (QED) is 0.445. The van der Waals surface area contributed by atoms with E-state index in [-0.39, 0.29) is 22.8 Å². The molecule has 5 rings (SSSR count). The number of nitrogens with zero attached hydrogens (tertiary/aromatic N) is 3. The number of fused-ring (bicyclic) bond motifs is 3. The number of hydrogen-bond donors (Lipinski definition) is 2. The Hall–Kier alpha value is -3.43. The predicted octanol–water partition coefficient (Wildman–Crippen LogP) is 2.89. The van der Waals surface area contributed by atoms with Crippen LogP contribution in [-0.2, 0) is 17.9 Å². The zero-order valence-corrected chi connectivity index (χ0v) is 19.2. The van der Waals surface area contributed by atoms with Crippen LogP contribution in [0.25, 0.3) is 21.9 Å². The van der Waals surface area contributed by atoms with Crippen LogP contribution in [0.5, 0.6) is 5.75 Å². The number of ether oxygens (including phenoxy) is 1. The average molecular weight is 464 g/mol. The third-order valence-corrected chi connectivity index (χ3v) is 6.53. The fourth-order valence-corrected chi connectivity index (χ4v) is 4.62. The van der Waals surface area contributed by atoms with Gasteiger partial charge in [-0.25, -0.2) is 0 Å². The van der Waals surface area contributed by atoms with Gasteiger partial charge in [0.2, 0.25) is 5.91 Å². The van der Waals surface area contributed by atoms with Crippen molar-refractivity contribution in [2.45, 2.75) is 13.1 Å². The van der Waals surface area contributed by atoms with Gasteiger partial charge in [0.1, 0.15) is 17.8 Å². The Kier molecular flexibility index (Phi) is 5.74. The van der Waals surface area contributed by atoms with Gasteiger partial charge in [-0.3, -0.25) is 19.1 Å². The van der Waals surface area contributed by atoms with E-state index in [1.807, 2.05) is 41.3 Å². The van der Waals surface area contributed by atoms with Gasteiger partial charge in [0.05, 0.1) is 12.6 Å². The Labute approximate surface area is 195 Å². The van der Waals surface area contributed by atoms with Gasteiger partial charge >= 0.3 is 0 Å². The SMILES string of the molecule is COc1ccc2[nH]c3c(=O)n(CC(=O)N4CCN(Cc5ccccc5)CC4)c(=S)[nH]c3c2c1. The maximum atomic E-state index is 13.2. The maximum Gasteiger partial charge on any atom is 0.279 e. The molecule has 2 aromatic carbocycles. The Morgan fingerprint density at radius 2 is 1.79 bits per heavy atom. The molecular formula is C24H25N5O3S. The van der Waals surface area contributed by atoms with Crippen LogP contribution < -0.4 is 10.3 Å². The molecule has 9 heteroatoms. The number of nitrogens with one attached hydrogen (secondary N) is 2. The van der Waals surface area contributed by atoms with Gasteiger partial charge in [-0.2, -0.15) is 0 Å². The summed E-state index contributed by atoms with van der Waals surface area (Å²) in [5.41, 5.74) is 2.77. The number of piperazine rings is 1. The fourth-order valence-electron chi connectivity index (χ4n) is 4.37. The molecule has 8 nitrogen and oxygen atoms in total. The maximum absolute atomic E-state index is 13.2. The highest BCUT2D eigenvalue weighted by atomic mass is 32.1. The van der Waals surface area contributed by atoms with Crippen LogP contribution in [0.3, 0.4) is 0 Å². The molecule has 170 valence electrons. The topological polar surface area (TPSA) is 86.4 Å². The number of benzene rings is 2. The zero-order chi connectivity index (χ0) is 22.9. The van der Waals surface area contributed by atoms with Gasteiger partial charge in [-0.05, 0) is 36.0 Å². The first-order chi connectivity index (χ1) is 16.0. The van der Waals surface area contributed by atoms with E-state index in [1.54, 1.807) is 7.11 Å². The van der Waals surface area contributed by atoms with Crippen molar-refractivity contribution < 1.29 is 9.53 Å². The molecule has 0 atom stereocenters. The lowest BCUT2D eigenvalue weighted by atomic mass is 10.2. The number of H-pyrrole nitrogens is 2. The number of amides is 1. The molecule has 1 saturated heterocycles. The number of rotatable bonds is 5. The number of aromatic amines is 2. The largest absolute Gasteiger partial charge is 0.497 e. The van der Waals surface area contributed by atoms with E-state index in [9.17, 15) is 9.59 Å². The molecule has 2 aromatic heterocycles. The highest BCUT2D eigenvalue weighted by Crippen LogP contribution is 2.25. The summed E-state index contributed by atoms with van der Waals surface area (Å²) in [6, 6.07) is 15.8. The second-order valence-electron chi connectivity index (χ2n) is 8.25. The van der Waals surface area contributed by atoms with Crippen molar-refractivity contribution in [2.75, 3.05) is 33.3 Å². The van der Waals surface area contributed by atoms with Gasteiger partial charge in [-0.15, -0.1) is 0 Å². The second-order valence-corrected chi connectivity index (χ2v) is 8.64. The summed E-state index contributed by atoms with van der Waals surface area (Å²) in [5.74, 6) is 0.585. The Morgan fingerprint density at radius 1 is 1.03 bits per heavy atom. The van der Waals surface area contributed by atoms with Crippen molar-refractivity contribution >= 4 is 40.1 Å². The molecule has 0 bridgehead atoms. The summed E-state index contributed by atoms with van der Waals surface area (Å²) >= 11 is 5.45. The first-order valence-electron chi connectivity index (χ1n) is 10.9. The van der Waals surface area contributed by atoms with E-state index >= 15 is 0 Å². The van der Waals surface area contributed by atoms with Crippen molar-refractivity contribution in [3.8, 4) is 5.75 Å². The van der Waals surface area contributed by atoms with Gasteiger partial charge in [-0.1, -0.05) is 30.3 Å². The van der Waals surface area contributed by atoms with Crippen LogP contribution in [0.4, 0.5) is 0 Å². The van der Waals surface area contributed by atoms with Gasteiger partial charge in [0, 0.05) is 43.6 Å². The lowest BCUT2D eigenvalue weighted by molar-refractivity contribution is -0.133. The minimum atomic E-state index is -0.306.